The SMILES string of the molecule is CC(C)C[C@H](N)C(=O)Oc1ccco1. The lowest BCUT2D eigenvalue weighted by atomic mass is 10.1. The molecule has 14 heavy (non-hydrogen) atoms. The Bertz CT molecular complexity index is 280. The number of hydrogen-bond donors (Lipinski definition) is 1. The average Bonchev–Trinajstić information content (AvgIpc) is 2.55. The first-order valence-corrected chi connectivity index (χ1v) is 4.60. The van der Waals surface area contributed by atoms with Gasteiger partial charge in [0.25, 0.3) is 5.95 Å². The molecule has 0 aliphatic carbocycles. The normalized spacial score (nSPS) is 12.9. The van der Waals surface area contributed by atoms with Crippen molar-refractivity contribution in [3.8, 4) is 5.95 Å². The molecule has 0 unspecified atom stereocenters. The van der Waals surface area contributed by atoms with Crippen molar-refractivity contribution in [1.29, 1.82) is 0 Å². The van der Waals surface area contributed by atoms with E-state index in [0.29, 0.717) is 12.3 Å². The molecule has 1 heterocycles. The molecule has 0 bridgehead atoms. The maximum Gasteiger partial charge on any atom is 0.330 e. The molecule has 0 saturated heterocycles. The molecule has 0 spiro atoms. The third kappa shape index (κ3) is 3.22. The zero-order valence-electron chi connectivity index (χ0n) is 8.40. The Labute approximate surface area is 83.0 Å². The first kappa shape index (κ1) is 10.8. The Morgan fingerprint density at radius 2 is 2.36 bits per heavy atom. The van der Waals surface area contributed by atoms with E-state index in [4.69, 9.17) is 14.9 Å². The van der Waals surface area contributed by atoms with E-state index in [1.54, 1.807) is 12.1 Å². The smallest absolute Gasteiger partial charge is 0.330 e. The van der Waals surface area contributed by atoms with Crippen LogP contribution in [-0.4, -0.2) is 12.0 Å². The number of carbonyl (C=O) groups excluding carboxylic acids is 1. The molecular formula is C10H15NO3. The number of carbonyl (C=O) groups is 1. The van der Waals surface area contributed by atoms with E-state index in [1.807, 2.05) is 13.8 Å². The number of esters is 1. The predicted molar refractivity (Wildman–Crippen MR) is 51.8 cm³/mol. The molecule has 1 atom stereocenters. The summed E-state index contributed by atoms with van der Waals surface area (Å²) in [6, 6.07) is 2.64. The highest BCUT2D eigenvalue weighted by Gasteiger charge is 2.17. The van der Waals surface area contributed by atoms with Crippen molar-refractivity contribution in [2.75, 3.05) is 0 Å². The summed E-state index contributed by atoms with van der Waals surface area (Å²) in [5.74, 6) is 0.108. The van der Waals surface area contributed by atoms with E-state index in [0.717, 1.165) is 0 Å². The molecule has 4 nitrogen and oxygen atoms in total. The van der Waals surface area contributed by atoms with Crippen LogP contribution in [0.3, 0.4) is 0 Å². The summed E-state index contributed by atoms with van der Waals surface area (Å²) in [5, 5.41) is 0. The maximum absolute atomic E-state index is 11.3. The highest BCUT2D eigenvalue weighted by atomic mass is 16.6. The first-order valence-electron chi connectivity index (χ1n) is 4.60. The molecule has 0 aliphatic rings. The fourth-order valence-electron chi connectivity index (χ4n) is 1.10. The van der Waals surface area contributed by atoms with Crippen LogP contribution in [0, 0.1) is 5.92 Å². The van der Waals surface area contributed by atoms with Crippen LogP contribution in [-0.2, 0) is 4.79 Å². The Balaban J connectivity index is 2.42. The molecule has 4 heteroatoms. The van der Waals surface area contributed by atoms with E-state index in [1.165, 1.54) is 6.26 Å². The molecule has 0 radical (unpaired) electrons. The van der Waals surface area contributed by atoms with E-state index < -0.39 is 12.0 Å². The molecule has 0 aliphatic heterocycles. The quantitative estimate of drug-likeness (QED) is 0.744. The van der Waals surface area contributed by atoms with E-state index in [2.05, 4.69) is 0 Å². The van der Waals surface area contributed by atoms with Crippen molar-refractivity contribution in [1.82, 2.24) is 0 Å². The van der Waals surface area contributed by atoms with Crippen LogP contribution >= 0.6 is 0 Å². The third-order valence-corrected chi connectivity index (χ3v) is 1.72. The molecule has 1 rings (SSSR count). The molecule has 0 fully saturated rings. The molecule has 2 N–H and O–H groups in total. The van der Waals surface area contributed by atoms with Crippen molar-refractivity contribution in [3.63, 3.8) is 0 Å². The Kier molecular flexibility index (Phi) is 3.71. The standard InChI is InChI=1S/C10H15NO3/c1-7(2)6-8(11)10(12)14-9-4-3-5-13-9/h3-5,7-8H,6,11H2,1-2H3/t8-/m0/s1. The van der Waals surface area contributed by atoms with Gasteiger partial charge >= 0.3 is 5.97 Å². The number of furan rings is 1. The van der Waals surface area contributed by atoms with Crippen molar-refractivity contribution < 1.29 is 13.9 Å². The summed E-state index contributed by atoms with van der Waals surface area (Å²) in [6.45, 7) is 4.00. The van der Waals surface area contributed by atoms with Crippen LogP contribution in [0.25, 0.3) is 0 Å². The largest absolute Gasteiger partial charge is 0.434 e. The second kappa shape index (κ2) is 4.81. The van der Waals surface area contributed by atoms with Crippen molar-refractivity contribution in [2.24, 2.45) is 11.7 Å². The van der Waals surface area contributed by atoms with E-state index >= 15 is 0 Å². The fourth-order valence-corrected chi connectivity index (χ4v) is 1.10. The van der Waals surface area contributed by atoms with Crippen LogP contribution in [0.2, 0.25) is 0 Å². The van der Waals surface area contributed by atoms with Gasteiger partial charge < -0.3 is 14.9 Å². The monoisotopic (exact) mass is 197 g/mol. The highest BCUT2D eigenvalue weighted by molar-refractivity contribution is 5.77. The number of rotatable bonds is 4. The van der Waals surface area contributed by atoms with Crippen LogP contribution in [0.5, 0.6) is 5.95 Å². The minimum absolute atomic E-state index is 0.189. The van der Waals surface area contributed by atoms with Crippen molar-refractivity contribution in [3.05, 3.63) is 18.4 Å². The second-order valence-electron chi connectivity index (χ2n) is 3.59. The van der Waals surface area contributed by atoms with Gasteiger partial charge in [0, 0.05) is 6.07 Å². The summed E-state index contributed by atoms with van der Waals surface area (Å²) < 4.78 is 9.75. The Morgan fingerprint density at radius 1 is 1.64 bits per heavy atom. The van der Waals surface area contributed by atoms with Crippen molar-refractivity contribution >= 4 is 5.97 Å². The van der Waals surface area contributed by atoms with Gasteiger partial charge in [0.2, 0.25) is 0 Å². The zero-order chi connectivity index (χ0) is 10.6. The van der Waals surface area contributed by atoms with Gasteiger partial charge in [0.1, 0.15) is 6.04 Å². The predicted octanol–water partition coefficient (Wildman–Crippen LogP) is 1.56. The Hall–Kier alpha value is -1.29. The average molecular weight is 197 g/mol. The molecule has 1 aromatic heterocycles. The van der Waals surface area contributed by atoms with E-state index in [9.17, 15) is 4.79 Å². The van der Waals surface area contributed by atoms with Gasteiger partial charge in [-0.1, -0.05) is 13.8 Å². The molecular weight excluding hydrogens is 182 g/mol. The van der Waals surface area contributed by atoms with Gasteiger partial charge in [-0.3, -0.25) is 0 Å². The number of hydrogen-bond acceptors (Lipinski definition) is 4. The molecule has 0 amide bonds. The van der Waals surface area contributed by atoms with Crippen LogP contribution in [0.1, 0.15) is 20.3 Å². The van der Waals surface area contributed by atoms with Gasteiger partial charge in [0.15, 0.2) is 0 Å². The summed E-state index contributed by atoms with van der Waals surface area (Å²) in [5.41, 5.74) is 5.62. The maximum atomic E-state index is 11.3. The zero-order valence-corrected chi connectivity index (χ0v) is 8.40. The fraction of sp³-hybridized carbons (Fsp3) is 0.500. The lowest BCUT2D eigenvalue weighted by Crippen LogP contribution is -2.35. The number of ether oxygens (including phenoxy) is 1. The summed E-state index contributed by atoms with van der Waals surface area (Å²) in [6.07, 6.45) is 2.05. The molecule has 0 aromatic carbocycles. The van der Waals surface area contributed by atoms with Gasteiger partial charge in [-0.15, -0.1) is 0 Å². The first-order chi connectivity index (χ1) is 6.59. The van der Waals surface area contributed by atoms with Gasteiger partial charge in [-0.25, -0.2) is 4.79 Å². The van der Waals surface area contributed by atoms with E-state index in [-0.39, 0.29) is 5.95 Å². The summed E-state index contributed by atoms with van der Waals surface area (Å²) >= 11 is 0. The van der Waals surface area contributed by atoms with Crippen molar-refractivity contribution in [2.45, 2.75) is 26.3 Å². The lowest BCUT2D eigenvalue weighted by molar-refractivity contribution is -0.137. The van der Waals surface area contributed by atoms with Crippen LogP contribution in [0.15, 0.2) is 22.8 Å². The molecule has 78 valence electrons. The molecule has 0 saturated carbocycles. The third-order valence-electron chi connectivity index (χ3n) is 1.72. The van der Waals surface area contributed by atoms with Gasteiger partial charge in [-0.2, -0.15) is 0 Å². The Morgan fingerprint density at radius 3 is 2.86 bits per heavy atom. The number of nitrogens with two attached hydrogens (primary N) is 1. The van der Waals surface area contributed by atoms with Crippen LogP contribution < -0.4 is 10.5 Å². The summed E-state index contributed by atoms with van der Waals surface area (Å²) in [4.78, 5) is 11.3. The minimum atomic E-state index is -0.583. The highest BCUT2D eigenvalue weighted by Crippen LogP contribution is 2.12. The molecule has 1 aromatic rings. The second-order valence-corrected chi connectivity index (χ2v) is 3.59. The minimum Gasteiger partial charge on any atom is -0.434 e. The van der Waals surface area contributed by atoms with Crippen LogP contribution in [0.4, 0.5) is 0 Å². The van der Waals surface area contributed by atoms with Gasteiger partial charge in [0.05, 0.1) is 6.26 Å². The topological polar surface area (TPSA) is 65.5 Å². The summed E-state index contributed by atoms with van der Waals surface area (Å²) in [7, 11) is 0. The van der Waals surface area contributed by atoms with Gasteiger partial charge in [-0.05, 0) is 18.4 Å². The lowest BCUT2D eigenvalue weighted by Gasteiger charge is -2.11.